The van der Waals surface area contributed by atoms with E-state index in [1.54, 1.807) is 32.4 Å². The Labute approximate surface area is 154 Å². The fraction of sp³-hybridized carbons (Fsp3) is 0.688. The van der Waals surface area contributed by atoms with Crippen molar-refractivity contribution in [2.24, 2.45) is 4.99 Å². The molecule has 1 aliphatic heterocycles. The van der Waals surface area contributed by atoms with E-state index < -0.39 is 5.60 Å². The summed E-state index contributed by atoms with van der Waals surface area (Å²) in [5, 5.41) is 17.1. The summed E-state index contributed by atoms with van der Waals surface area (Å²) in [4.78, 5) is 6.82. The Balaban J connectivity index is 0.00000192. The van der Waals surface area contributed by atoms with Crippen LogP contribution in [0.15, 0.2) is 27.8 Å². The summed E-state index contributed by atoms with van der Waals surface area (Å²) >= 11 is 0. The van der Waals surface area contributed by atoms with Crippen LogP contribution in [0.25, 0.3) is 0 Å². The van der Waals surface area contributed by atoms with Crippen LogP contribution in [-0.2, 0) is 5.60 Å². The highest BCUT2D eigenvalue weighted by Crippen LogP contribution is 2.29. The lowest BCUT2D eigenvalue weighted by Gasteiger charge is -2.24. The number of hydrogen-bond donors (Lipinski definition) is 3. The van der Waals surface area contributed by atoms with Gasteiger partial charge in [0.1, 0.15) is 11.4 Å². The van der Waals surface area contributed by atoms with E-state index in [4.69, 9.17) is 4.42 Å². The third-order valence-electron chi connectivity index (χ3n) is 4.50. The van der Waals surface area contributed by atoms with Crippen LogP contribution in [0.5, 0.6) is 0 Å². The second-order valence-corrected chi connectivity index (χ2v) is 6.53. The van der Waals surface area contributed by atoms with Crippen LogP contribution in [0.1, 0.15) is 31.9 Å². The maximum Gasteiger partial charge on any atom is 0.191 e. The zero-order valence-corrected chi connectivity index (χ0v) is 16.1. The second-order valence-electron chi connectivity index (χ2n) is 6.53. The Kier molecular flexibility index (Phi) is 6.33. The summed E-state index contributed by atoms with van der Waals surface area (Å²) in [5.74, 6) is 1.28. The largest absolute Gasteiger partial charge is 0.466 e. The predicted octanol–water partition coefficient (Wildman–Crippen LogP) is 1.51. The molecule has 1 aliphatic carbocycles. The third-order valence-corrected chi connectivity index (χ3v) is 4.50. The Hall–Kier alpha value is -0.800. The number of nitrogens with one attached hydrogen (secondary N) is 2. The molecule has 2 fully saturated rings. The van der Waals surface area contributed by atoms with E-state index in [9.17, 15) is 5.11 Å². The van der Waals surface area contributed by atoms with Crippen molar-refractivity contribution in [1.82, 2.24) is 15.5 Å². The van der Waals surface area contributed by atoms with Crippen LogP contribution in [0, 0.1) is 0 Å². The van der Waals surface area contributed by atoms with E-state index in [1.807, 2.05) is 0 Å². The maximum absolute atomic E-state index is 10.5. The molecule has 6 nitrogen and oxygen atoms in total. The van der Waals surface area contributed by atoms with E-state index in [0.29, 0.717) is 18.3 Å². The average molecular weight is 434 g/mol. The fourth-order valence-electron chi connectivity index (χ4n) is 2.99. The summed E-state index contributed by atoms with van der Waals surface area (Å²) in [6.07, 6.45) is 5.42. The number of hydrogen-bond acceptors (Lipinski definition) is 4. The highest BCUT2D eigenvalue weighted by Gasteiger charge is 2.34. The van der Waals surface area contributed by atoms with Crippen LogP contribution >= 0.6 is 24.0 Å². The van der Waals surface area contributed by atoms with Crippen LogP contribution in [0.4, 0.5) is 0 Å². The first-order chi connectivity index (χ1) is 10.6. The molecule has 3 rings (SSSR count). The van der Waals surface area contributed by atoms with Crippen molar-refractivity contribution in [3.63, 3.8) is 0 Å². The zero-order valence-electron chi connectivity index (χ0n) is 13.8. The van der Waals surface area contributed by atoms with E-state index in [1.165, 1.54) is 19.4 Å². The number of aliphatic hydroxyl groups is 1. The lowest BCUT2D eigenvalue weighted by Crippen LogP contribution is -2.48. The van der Waals surface area contributed by atoms with E-state index in [0.717, 1.165) is 25.0 Å². The van der Waals surface area contributed by atoms with Crippen molar-refractivity contribution in [3.05, 3.63) is 24.2 Å². The van der Waals surface area contributed by atoms with Crippen molar-refractivity contribution >= 4 is 29.9 Å². The lowest BCUT2D eigenvalue weighted by molar-refractivity contribution is 0.0385. The number of guanidine groups is 1. The topological polar surface area (TPSA) is 73.0 Å². The first-order valence-corrected chi connectivity index (χ1v) is 8.06. The van der Waals surface area contributed by atoms with Gasteiger partial charge in [0.25, 0.3) is 0 Å². The number of aliphatic imine (C=N–C) groups is 1. The summed E-state index contributed by atoms with van der Waals surface area (Å²) < 4.78 is 5.29. The third kappa shape index (κ3) is 4.84. The first-order valence-electron chi connectivity index (χ1n) is 8.06. The van der Waals surface area contributed by atoms with Gasteiger partial charge < -0.3 is 20.2 Å². The average Bonchev–Trinajstić information content (AvgIpc) is 3.03. The molecule has 0 radical (unpaired) electrons. The minimum Gasteiger partial charge on any atom is -0.466 e. The molecule has 2 atom stereocenters. The van der Waals surface area contributed by atoms with Gasteiger partial charge in [0.05, 0.1) is 12.8 Å². The molecule has 130 valence electrons. The van der Waals surface area contributed by atoms with Gasteiger partial charge in [-0.3, -0.25) is 9.89 Å². The standard InChI is InChI=1S/C16H26N4O2.HI/c1-16(21,14-4-3-9-22-14)11-18-15(17-2)19-12-7-8-20(10-12)13-5-6-13;/h3-4,9,12-13,21H,5-8,10-11H2,1-2H3,(H2,17,18,19);1H. The number of nitrogens with zero attached hydrogens (tertiary/aromatic N) is 2. The maximum atomic E-state index is 10.5. The quantitative estimate of drug-likeness (QED) is 0.372. The molecule has 1 saturated heterocycles. The van der Waals surface area contributed by atoms with E-state index in [2.05, 4.69) is 20.5 Å². The molecule has 0 amide bonds. The monoisotopic (exact) mass is 434 g/mol. The van der Waals surface area contributed by atoms with Crippen LogP contribution < -0.4 is 10.6 Å². The van der Waals surface area contributed by atoms with Crippen LogP contribution in [0.2, 0.25) is 0 Å². The van der Waals surface area contributed by atoms with Gasteiger partial charge in [-0.05, 0) is 38.3 Å². The van der Waals surface area contributed by atoms with Crippen LogP contribution in [-0.4, -0.2) is 54.7 Å². The molecule has 2 aliphatic rings. The number of likely N-dealkylation sites (tertiary alicyclic amines) is 1. The molecule has 1 aromatic rings. The van der Waals surface area contributed by atoms with Crippen molar-refractivity contribution in [1.29, 1.82) is 0 Å². The molecule has 3 N–H and O–H groups in total. The van der Waals surface area contributed by atoms with Gasteiger partial charge in [0.15, 0.2) is 5.96 Å². The smallest absolute Gasteiger partial charge is 0.191 e. The van der Waals surface area contributed by atoms with Crippen molar-refractivity contribution in [2.75, 3.05) is 26.7 Å². The minimum absolute atomic E-state index is 0. The van der Waals surface area contributed by atoms with E-state index in [-0.39, 0.29) is 24.0 Å². The molecule has 0 bridgehead atoms. The van der Waals surface area contributed by atoms with Gasteiger partial charge in [0, 0.05) is 32.2 Å². The molecule has 1 saturated carbocycles. The van der Waals surface area contributed by atoms with Crippen molar-refractivity contribution in [3.8, 4) is 0 Å². The Bertz CT molecular complexity index is 514. The van der Waals surface area contributed by atoms with Gasteiger partial charge >= 0.3 is 0 Å². The summed E-state index contributed by atoms with van der Waals surface area (Å²) in [6, 6.07) is 4.81. The molecule has 0 aromatic carbocycles. The highest BCUT2D eigenvalue weighted by molar-refractivity contribution is 14.0. The second kappa shape index (κ2) is 7.85. The summed E-state index contributed by atoms with van der Waals surface area (Å²) in [5.41, 5.74) is -1.06. The highest BCUT2D eigenvalue weighted by atomic mass is 127. The predicted molar refractivity (Wildman–Crippen MR) is 101 cm³/mol. The van der Waals surface area contributed by atoms with Gasteiger partial charge in [0.2, 0.25) is 0 Å². The Morgan fingerprint density at radius 1 is 1.48 bits per heavy atom. The first kappa shape index (κ1) is 18.5. The summed E-state index contributed by atoms with van der Waals surface area (Å²) in [7, 11) is 1.75. The Morgan fingerprint density at radius 3 is 2.87 bits per heavy atom. The molecule has 7 heteroatoms. The fourth-order valence-corrected chi connectivity index (χ4v) is 2.99. The Morgan fingerprint density at radius 2 is 2.26 bits per heavy atom. The van der Waals surface area contributed by atoms with Gasteiger partial charge in [-0.25, -0.2) is 0 Å². The van der Waals surface area contributed by atoms with Crippen LogP contribution in [0.3, 0.4) is 0 Å². The number of rotatable bonds is 5. The van der Waals surface area contributed by atoms with Gasteiger partial charge in [-0.2, -0.15) is 0 Å². The van der Waals surface area contributed by atoms with Crippen molar-refractivity contribution < 1.29 is 9.52 Å². The van der Waals surface area contributed by atoms with Crippen molar-refractivity contribution in [2.45, 2.75) is 43.9 Å². The van der Waals surface area contributed by atoms with Gasteiger partial charge in [-0.1, -0.05) is 0 Å². The molecule has 2 unspecified atom stereocenters. The summed E-state index contributed by atoms with van der Waals surface area (Å²) in [6.45, 7) is 4.33. The number of furan rings is 1. The molecule has 0 spiro atoms. The van der Waals surface area contributed by atoms with Gasteiger partial charge in [-0.15, -0.1) is 24.0 Å². The molecule has 1 aromatic heterocycles. The SMILES string of the molecule is CN=C(NCC(C)(O)c1ccco1)NC1CCN(C2CC2)C1.I. The minimum atomic E-state index is -1.06. The molecule has 23 heavy (non-hydrogen) atoms. The molecular weight excluding hydrogens is 407 g/mol. The molecule has 2 heterocycles. The number of halogens is 1. The molecular formula is C16H27IN4O2. The normalized spacial score (nSPS) is 24.8. The van der Waals surface area contributed by atoms with E-state index >= 15 is 0 Å². The lowest BCUT2D eigenvalue weighted by atomic mass is 10.0. The zero-order chi connectivity index (χ0) is 15.6.